The Morgan fingerprint density at radius 3 is 2.65 bits per heavy atom. The maximum atomic E-state index is 13.4. The quantitative estimate of drug-likeness (QED) is 0.705. The fourth-order valence-corrected chi connectivity index (χ4v) is 6.45. The van der Waals surface area contributed by atoms with E-state index in [2.05, 4.69) is 9.88 Å². The van der Waals surface area contributed by atoms with Gasteiger partial charge in [-0.3, -0.25) is 4.79 Å². The van der Waals surface area contributed by atoms with Crippen LogP contribution >= 0.6 is 11.3 Å². The second-order valence-electron chi connectivity index (χ2n) is 7.55. The maximum Gasteiger partial charge on any atom is 0.254 e. The molecule has 2 aliphatic rings. The van der Waals surface area contributed by atoms with Crippen LogP contribution in [0.5, 0.6) is 0 Å². The summed E-state index contributed by atoms with van der Waals surface area (Å²) in [7, 11) is -3.61. The molecule has 31 heavy (non-hydrogen) atoms. The van der Waals surface area contributed by atoms with Gasteiger partial charge >= 0.3 is 0 Å². The van der Waals surface area contributed by atoms with E-state index < -0.39 is 9.84 Å². The van der Waals surface area contributed by atoms with Gasteiger partial charge in [-0.15, -0.1) is 0 Å². The van der Waals surface area contributed by atoms with Crippen molar-refractivity contribution >= 4 is 42.4 Å². The number of piperazine rings is 1. The highest BCUT2D eigenvalue weighted by Gasteiger charge is 2.31. The Hall–Kier alpha value is -2.30. The lowest BCUT2D eigenvalue weighted by Crippen LogP contribution is -2.49. The van der Waals surface area contributed by atoms with Gasteiger partial charge in [0.25, 0.3) is 5.91 Å². The Morgan fingerprint density at radius 2 is 1.90 bits per heavy atom. The van der Waals surface area contributed by atoms with Crippen LogP contribution in [0.4, 0.5) is 9.52 Å². The zero-order chi connectivity index (χ0) is 22.0. The van der Waals surface area contributed by atoms with Crippen LogP contribution in [0.3, 0.4) is 0 Å². The molecule has 1 aromatic carbocycles. The molecule has 10 heteroatoms. The molecular formula is C21H24FN3O4S2. The number of benzene rings is 1. The van der Waals surface area contributed by atoms with E-state index in [1.54, 1.807) is 23.1 Å². The molecular weight excluding hydrogens is 441 g/mol. The minimum atomic E-state index is -3.61. The molecule has 1 aliphatic heterocycles. The van der Waals surface area contributed by atoms with E-state index in [1.165, 1.54) is 23.5 Å². The molecule has 1 fully saturated rings. The Balaban J connectivity index is 1.44. The third-order valence-electron chi connectivity index (χ3n) is 5.42. The number of hydrogen-bond donors (Lipinski definition) is 1. The topological polar surface area (TPSA) is 90.8 Å². The summed E-state index contributed by atoms with van der Waals surface area (Å²) in [6.45, 7) is 1.82. The van der Waals surface area contributed by atoms with Gasteiger partial charge in [0.2, 0.25) is 0 Å². The van der Waals surface area contributed by atoms with E-state index in [9.17, 15) is 17.6 Å². The van der Waals surface area contributed by atoms with Crippen LogP contribution in [-0.4, -0.2) is 67.9 Å². The SMILES string of the molecule is O=C(C1=CCCC=C1S(=O)(=O)CCCO)N1CCN(c2nc3ccc(F)cc3s2)CC1. The van der Waals surface area contributed by atoms with E-state index >= 15 is 0 Å². The average Bonchev–Trinajstić information content (AvgIpc) is 3.20. The van der Waals surface area contributed by atoms with Crippen LogP contribution in [0.15, 0.2) is 40.8 Å². The van der Waals surface area contributed by atoms with E-state index in [0.29, 0.717) is 39.0 Å². The number of aliphatic hydroxyl groups is 1. The van der Waals surface area contributed by atoms with E-state index in [4.69, 9.17) is 5.11 Å². The number of nitrogens with zero attached hydrogens (tertiary/aromatic N) is 3. The van der Waals surface area contributed by atoms with Crippen molar-refractivity contribution in [2.75, 3.05) is 43.4 Å². The zero-order valence-corrected chi connectivity index (χ0v) is 18.6. The molecule has 1 aromatic heterocycles. The van der Waals surface area contributed by atoms with E-state index in [1.807, 2.05) is 0 Å². The summed E-state index contributed by atoms with van der Waals surface area (Å²) < 4.78 is 39.5. The number of amides is 1. The summed E-state index contributed by atoms with van der Waals surface area (Å²) in [5.74, 6) is -0.743. The third-order valence-corrected chi connectivity index (χ3v) is 8.39. The van der Waals surface area contributed by atoms with Gasteiger partial charge in [-0.2, -0.15) is 0 Å². The minimum Gasteiger partial charge on any atom is -0.396 e. The molecule has 0 bridgehead atoms. The summed E-state index contributed by atoms with van der Waals surface area (Å²) in [6, 6.07) is 4.52. The number of carbonyl (C=O) groups is 1. The molecule has 1 aliphatic carbocycles. The first-order valence-electron chi connectivity index (χ1n) is 10.2. The van der Waals surface area contributed by atoms with Crippen molar-refractivity contribution in [1.82, 2.24) is 9.88 Å². The van der Waals surface area contributed by atoms with Gasteiger partial charge in [0.1, 0.15) is 5.82 Å². The lowest BCUT2D eigenvalue weighted by molar-refractivity contribution is -0.127. The highest BCUT2D eigenvalue weighted by molar-refractivity contribution is 7.95. The molecule has 2 aromatic rings. The number of rotatable bonds is 6. The van der Waals surface area contributed by atoms with E-state index in [-0.39, 0.29) is 41.0 Å². The first-order valence-corrected chi connectivity index (χ1v) is 12.7. The first kappa shape index (κ1) is 21.9. The number of fused-ring (bicyclic) bond motifs is 1. The van der Waals surface area contributed by atoms with Crippen LogP contribution in [-0.2, 0) is 14.6 Å². The van der Waals surface area contributed by atoms with Crippen molar-refractivity contribution in [3.05, 3.63) is 46.6 Å². The Bertz CT molecular complexity index is 1150. The maximum absolute atomic E-state index is 13.4. The molecule has 1 amide bonds. The van der Waals surface area contributed by atoms with Crippen LogP contribution in [0.25, 0.3) is 10.2 Å². The standard InChI is InChI=1S/C21H24FN3O4S2/c22-15-6-7-17-18(14-15)30-21(23-17)25-10-8-24(9-11-25)20(27)16-4-1-2-5-19(16)31(28,29)13-3-12-26/h4-7,14,26H,1-3,8-13H2. The van der Waals surface area contributed by atoms with Gasteiger partial charge in [-0.1, -0.05) is 23.5 Å². The molecule has 0 radical (unpaired) electrons. The lowest BCUT2D eigenvalue weighted by Gasteiger charge is -2.35. The summed E-state index contributed by atoms with van der Waals surface area (Å²) in [5.41, 5.74) is 0.989. The lowest BCUT2D eigenvalue weighted by atomic mass is 10.1. The summed E-state index contributed by atoms with van der Waals surface area (Å²) >= 11 is 1.42. The minimum absolute atomic E-state index is 0.0906. The number of hydrogen-bond acceptors (Lipinski definition) is 7. The molecule has 4 rings (SSSR count). The number of allylic oxidation sites excluding steroid dienone is 2. The summed E-state index contributed by atoms with van der Waals surface area (Å²) in [4.78, 5) is 21.5. The Morgan fingerprint density at radius 1 is 1.16 bits per heavy atom. The molecule has 0 unspecified atom stereocenters. The average molecular weight is 466 g/mol. The second kappa shape index (κ2) is 9.05. The molecule has 1 N–H and O–H groups in total. The fourth-order valence-electron chi connectivity index (χ4n) is 3.80. The summed E-state index contributed by atoms with van der Waals surface area (Å²) in [6.07, 6.45) is 4.68. The van der Waals surface area contributed by atoms with Crippen molar-refractivity contribution < 1.29 is 22.7 Å². The van der Waals surface area contributed by atoms with Gasteiger partial charge in [-0.25, -0.2) is 17.8 Å². The summed E-state index contributed by atoms with van der Waals surface area (Å²) in [5, 5.41) is 9.77. The van der Waals surface area contributed by atoms with E-state index in [0.717, 1.165) is 15.3 Å². The Kier molecular flexibility index (Phi) is 6.40. The second-order valence-corrected chi connectivity index (χ2v) is 10.6. The van der Waals surface area contributed by atoms with Crippen LogP contribution < -0.4 is 4.90 Å². The van der Waals surface area contributed by atoms with Crippen LogP contribution in [0, 0.1) is 5.82 Å². The highest BCUT2D eigenvalue weighted by Crippen LogP contribution is 2.31. The predicted octanol–water partition coefficient (Wildman–Crippen LogP) is 2.49. The molecule has 0 spiro atoms. The number of anilines is 1. The first-order chi connectivity index (χ1) is 14.9. The van der Waals surface area contributed by atoms with Gasteiger partial charge < -0.3 is 14.9 Å². The number of halogens is 1. The predicted molar refractivity (Wildman–Crippen MR) is 119 cm³/mol. The number of aromatic nitrogens is 1. The molecule has 0 atom stereocenters. The molecule has 1 saturated heterocycles. The van der Waals surface area contributed by atoms with Crippen LogP contribution in [0.1, 0.15) is 19.3 Å². The zero-order valence-electron chi connectivity index (χ0n) is 17.0. The molecule has 166 valence electrons. The van der Waals surface area contributed by atoms with Gasteiger partial charge in [0.15, 0.2) is 15.0 Å². The highest BCUT2D eigenvalue weighted by atomic mass is 32.2. The fraction of sp³-hybridized carbons (Fsp3) is 0.429. The van der Waals surface area contributed by atoms with Crippen molar-refractivity contribution in [2.24, 2.45) is 0 Å². The number of thiazole rings is 1. The van der Waals surface area contributed by atoms with Crippen molar-refractivity contribution in [1.29, 1.82) is 0 Å². The van der Waals surface area contributed by atoms with Gasteiger partial charge in [-0.05, 0) is 37.5 Å². The van der Waals surface area contributed by atoms with Crippen molar-refractivity contribution in [2.45, 2.75) is 19.3 Å². The number of aliphatic hydroxyl groups excluding tert-OH is 1. The number of sulfone groups is 1. The van der Waals surface area contributed by atoms with Gasteiger partial charge in [0.05, 0.1) is 26.4 Å². The normalized spacial score (nSPS) is 17.6. The number of carbonyl (C=O) groups excluding carboxylic acids is 1. The largest absolute Gasteiger partial charge is 0.396 e. The Labute approximate surface area is 184 Å². The van der Waals surface area contributed by atoms with Gasteiger partial charge in [0, 0.05) is 32.8 Å². The molecule has 7 nitrogen and oxygen atoms in total. The van der Waals surface area contributed by atoms with Crippen LogP contribution in [0.2, 0.25) is 0 Å². The monoisotopic (exact) mass is 465 g/mol. The van der Waals surface area contributed by atoms with Crippen molar-refractivity contribution in [3.63, 3.8) is 0 Å². The smallest absolute Gasteiger partial charge is 0.254 e. The molecule has 0 saturated carbocycles. The molecule has 2 heterocycles. The van der Waals surface area contributed by atoms with Crippen molar-refractivity contribution in [3.8, 4) is 0 Å². The third kappa shape index (κ3) is 4.65.